The number of nitrogens with one attached hydrogen (secondary N) is 2. The number of rotatable bonds is 6. The number of aromatic nitrogens is 2. The molecule has 15 heavy (non-hydrogen) atoms. The molecule has 0 spiro atoms. The van der Waals surface area contributed by atoms with Crippen molar-refractivity contribution < 1.29 is 8.42 Å². The molecule has 0 unspecified atom stereocenters. The second kappa shape index (κ2) is 5.24. The zero-order valence-corrected chi connectivity index (χ0v) is 9.71. The molecule has 0 aliphatic heterocycles. The Kier molecular flexibility index (Phi) is 4.25. The average Bonchev–Trinajstić information content (AvgIpc) is 2.66. The number of nitrogens with zero attached hydrogens (tertiary/aromatic N) is 2. The third-order valence-corrected chi connectivity index (χ3v) is 3.40. The molecule has 0 saturated heterocycles. The minimum atomic E-state index is -3.42. The van der Waals surface area contributed by atoms with Crippen LogP contribution in [0.25, 0.3) is 0 Å². The van der Waals surface area contributed by atoms with E-state index in [0.29, 0.717) is 19.6 Å². The molecule has 0 saturated carbocycles. The van der Waals surface area contributed by atoms with Crippen LogP contribution in [0.3, 0.4) is 0 Å². The molecule has 0 fully saturated rings. The topological polar surface area (TPSA) is 76.0 Å². The Morgan fingerprint density at radius 1 is 1.47 bits per heavy atom. The molecule has 2 N–H and O–H groups in total. The third-order valence-electron chi connectivity index (χ3n) is 1.92. The lowest BCUT2D eigenvalue weighted by Crippen LogP contribution is -2.31. The summed E-state index contributed by atoms with van der Waals surface area (Å²) < 4.78 is 27.4. The van der Waals surface area contributed by atoms with Crippen molar-refractivity contribution >= 4 is 10.0 Å². The summed E-state index contributed by atoms with van der Waals surface area (Å²) in [7, 11) is -1.65. The van der Waals surface area contributed by atoms with Gasteiger partial charge in [-0.25, -0.2) is 13.1 Å². The molecule has 0 aliphatic rings. The lowest BCUT2D eigenvalue weighted by Gasteiger charge is -2.07. The van der Waals surface area contributed by atoms with Crippen LogP contribution in [0.1, 0.15) is 6.92 Å². The molecule has 7 heteroatoms. The highest BCUT2D eigenvalue weighted by molar-refractivity contribution is 7.89. The highest BCUT2D eigenvalue weighted by Crippen LogP contribution is 2.06. The molecule has 1 heterocycles. The molecule has 0 aromatic carbocycles. The second-order valence-corrected chi connectivity index (χ2v) is 4.70. The SMILES string of the molecule is CCn1nccc1S(=O)(=O)NCCNC. The zero-order valence-electron chi connectivity index (χ0n) is 8.90. The molecule has 0 amide bonds. The maximum absolute atomic E-state index is 11.7. The van der Waals surface area contributed by atoms with Gasteiger partial charge in [0.25, 0.3) is 10.0 Å². The molecule has 1 aromatic rings. The largest absolute Gasteiger partial charge is 0.318 e. The van der Waals surface area contributed by atoms with Crippen molar-refractivity contribution in [2.24, 2.45) is 0 Å². The van der Waals surface area contributed by atoms with Crippen LogP contribution < -0.4 is 10.0 Å². The minimum Gasteiger partial charge on any atom is -0.318 e. The van der Waals surface area contributed by atoms with Crippen molar-refractivity contribution in [3.05, 3.63) is 12.3 Å². The quantitative estimate of drug-likeness (QED) is 0.642. The average molecular weight is 232 g/mol. The molecule has 1 aromatic heterocycles. The van der Waals surface area contributed by atoms with Crippen LogP contribution in [-0.2, 0) is 16.6 Å². The van der Waals surface area contributed by atoms with Crippen LogP contribution in [0.4, 0.5) is 0 Å². The Morgan fingerprint density at radius 2 is 2.20 bits per heavy atom. The Labute approximate surface area is 89.7 Å². The molecule has 0 radical (unpaired) electrons. The van der Waals surface area contributed by atoms with Crippen molar-refractivity contribution in [1.82, 2.24) is 19.8 Å². The summed E-state index contributed by atoms with van der Waals surface area (Å²) in [6, 6.07) is 1.49. The predicted molar refractivity (Wildman–Crippen MR) is 57.0 cm³/mol. The lowest BCUT2D eigenvalue weighted by molar-refractivity contribution is 0.543. The second-order valence-electron chi connectivity index (χ2n) is 2.99. The van der Waals surface area contributed by atoms with Crippen molar-refractivity contribution in [2.75, 3.05) is 20.1 Å². The maximum atomic E-state index is 11.7. The summed E-state index contributed by atoms with van der Waals surface area (Å²) in [5.41, 5.74) is 0. The standard InChI is InChI=1S/C8H16N4O2S/c1-3-12-8(4-5-10-12)15(13,14)11-7-6-9-2/h4-5,9,11H,3,6-7H2,1-2H3. The van der Waals surface area contributed by atoms with Crippen LogP contribution in [0.15, 0.2) is 17.3 Å². The van der Waals surface area contributed by atoms with Gasteiger partial charge in [-0.3, -0.25) is 4.68 Å². The number of hydrogen-bond acceptors (Lipinski definition) is 4. The van der Waals surface area contributed by atoms with Gasteiger partial charge in [-0.05, 0) is 20.0 Å². The van der Waals surface area contributed by atoms with Gasteiger partial charge in [-0.15, -0.1) is 0 Å². The summed E-state index contributed by atoms with van der Waals surface area (Å²) in [5.74, 6) is 0. The van der Waals surface area contributed by atoms with Gasteiger partial charge in [-0.2, -0.15) is 5.10 Å². The van der Waals surface area contributed by atoms with E-state index in [1.165, 1.54) is 16.9 Å². The summed E-state index contributed by atoms with van der Waals surface area (Å²) in [4.78, 5) is 0. The summed E-state index contributed by atoms with van der Waals surface area (Å²) in [6.45, 7) is 3.35. The van der Waals surface area contributed by atoms with Gasteiger partial charge in [0.1, 0.15) is 0 Å². The highest BCUT2D eigenvalue weighted by Gasteiger charge is 2.17. The fourth-order valence-corrected chi connectivity index (χ4v) is 2.38. The van der Waals surface area contributed by atoms with Gasteiger partial charge >= 0.3 is 0 Å². The van der Waals surface area contributed by atoms with Crippen molar-refractivity contribution in [2.45, 2.75) is 18.5 Å². The smallest absolute Gasteiger partial charge is 0.257 e. The van der Waals surface area contributed by atoms with Crippen molar-refractivity contribution in [3.8, 4) is 0 Å². The number of aryl methyl sites for hydroxylation is 1. The summed E-state index contributed by atoms with van der Waals surface area (Å²) in [6.07, 6.45) is 1.48. The highest BCUT2D eigenvalue weighted by atomic mass is 32.2. The van der Waals surface area contributed by atoms with E-state index in [9.17, 15) is 8.42 Å². The van der Waals surface area contributed by atoms with E-state index in [2.05, 4.69) is 15.1 Å². The first-order chi connectivity index (χ1) is 7.11. The molecule has 0 atom stereocenters. The summed E-state index contributed by atoms with van der Waals surface area (Å²) in [5, 5.41) is 6.99. The predicted octanol–water partition coefficient (Wildman–Crippen LogP) is -0.599. The Hall–Kier alpha value is -0.920. The van der Waals surface area contributed by atoms with E-state index in [1.807, 2.05) is 6.92 Å². The van der Waals surface area contributed by atoms with Crippen LogP contribution in [-0.4, -0.2) is 38.3 Å². The van der Waals surface area contributed by atoms with Crippen LogP contribution >= 0.6 is 0 Å². The number of sulfonamides is 1. The summed E-state index contributed by atoms with van der Waals surface area (Å²) >= 11 is 0. The molecule has 1 rings (SSSR count). The van der Waals surface area contributed by atoms with E-state index in [-0.39, 0.29) is 5.03 Å². The van der Waals surface area contributed by atoms with E-state index in [4.69, 9.17) is 0 Å². The Balaban J connectivity index is 2.77. The Bertz CT molecular complexity index is 399. The van der Waals surface area contributed by atoms with Crippen molar-refractivity contribution in [1.29, 1.82) is 0 Å². The third kappa shape index (κ3) is 3.01. The molecule has 6 nitrogen and oxygen atoms in total. The first-order valence-corrected chi connectivity index (χ1v) is 6.26. The van der Waals surface area contributed by atoms with Crippen LogP contribution in [0.2, 0.25) is 0 Å². The number of hydrogen-bond donors (Lipinski definition) is 2. The lowest BCUT2D eigenvalue weighted by atomic mass is 10.7. The first-order valence-electron chi connectivity index (χ1n) is 4.78. The normalized spacial score (nSPS) is 11.9. The zero-order chi connectivity index (χ0) is 11.3. The molecule has 86 valence electrons. The van der Waals surface area contributed by atoms with Crippen LogP contribution in [0.5, 0.6) is 0 Å². The van der Waals surface area contributed by atoms with Crippen molar-refractivity contribution in [3.63, 3.8) is 0 Å². The molecular formula is C8H16N4O2S. The van der Waals surface area contributed by atoms with E-state index in [0.717, 1.165) is 0 Å². The van der Waals surface area contributed by atoms with Gasteiger partial charge in [0.2, 0.25) is 0 Å². The number of likely N-dealkylation sites (N-methyl/N-ethyl adjacent to an activating group) is 1. The van der Waals surface area contributed by atoms with E-state index in [1.54, 1.807) is 7.05 Å². The van der Waals surface area contributed by atoms with Gasteiger partial charge < -0.3 is 5.32 Å². The minimum absolute atomic E-state index is 0.209. The van der Waals surface area contributed by atoms with Gasteiger partial charge in [-0.1, -0.05) is 0 Å². The first kappa shape index (κ1) is 12.2. The fourth-order valence-electron chi connectivity index (χ4n) is 1.17. The molecule has 0 bridgehead atoms. The van der Waals surface area contributed by atoms with Gasteiger partial charge in [0.05, 0.1) is 6.20 Å². The van der Waals surface area contributed by atoms with E-state index < -0.39 is 10.0 Å². The van der Waals surface area contributed by atoms with Gasteiger partial charge in [0.15, 0.2) is 5.03 Å². The maximum Gasteiger partial charge on any atom is 0.257 e. The van der Waals surface area contributed by atoms with Crippen LogP contribution in [0, 0.1) is 0 Å². The fraction of sp³-hybridized carbons (Fsp3) is 0.625. The molecular weight excluding hydrogens is 216 g/mol. The monoisotopic (exact) mass is 232 g/mol. The van der Waals surface area contributed by atoms with Gasteiger partial charge in [0, 0.05) is 19.6 Å². The molecule has 0 aliphatic carbocycles. The van der Waals surface area contributed by atoms with E-state index >= 15 is 0 Å². The Morgan fingerprint density at radius 3 is 2.80 bits per heavy atom.